The summed E-state index contributed by atoms with van der Waals surface area (Å²) >= 11 is 1.34. The molecule has 0 atom stereocenters. The molecule has 0 aliphatic carbocycles. The lowest BCUT2D eigenvalue weighted by molar-refractivity contribution is 0.0526. The minimum Gasteiger partial charge on any atom is -0.478 e. The third-order valence-corrected chi connectivity index (χ3v) is 3.40. The van der Waals surface area contributed by atoms with Crippen LogP contribution in [0.4, 0.5) is 11.5 Å². The van der Waals surface area contributed by atoms with Crippen LogP contribution in [-0.4, -0.2) is 39.9 Å². The summed E-state index contributed by atoms with van der Waals surface area (Å²) in [5, 5.41) is 12.4. The van der Waals surface area contributed by atoms with E-state index in [2.05, 4.69) is 15.3 Å². The van der Waals surface area contributed by atoms with Crippen molar-refractivity contribution in [1.82, 2.24) is 9.97 Å². The summed E-state index contributed by atoms with van der Waals surface area (Å²) < 4.78 is 4.99. The van der Waals surface area contributed by atoms with E-state index in [-0.39, 0.29) is 17.7 Å². The van der Waals surface area contributed by atoms with Crippen molar-refractivity contribution >= 4 is 35.2 Å². The highest BCUT2D eigenvalue weighted by Crippen LogP contribution is 2.22. The van der Waals surface area contributed by atoms with E-state index in [0.29, 0.717) is 16.7 Å². The Labute approximate surface area is 137 Å². The highest BCUT2D eigenvalue weighted by atomic mass is 32.2. The molecule has 120 valence electrons. The molecule has 0 aliphatic heterocycles. The molecule has 1 heterocycles. The van der Waals surface area contributed by atoms with E-state index in [1.54, 1.807) is 19.1 Å². The van der Waals surface area contributed by atoms with Gasteiger partial charge in [-0.1, -0.05) is 11.8 Å². The molecule has 23 heavy (non-hydrogen) atoms. The zero-order valence-electron chi connectivity index (χ0n) is 12.6. The number of carbonyl (C=O) groups is 2. The van der Waals surface area contributed by atoms with E-state index in [1.807, 2.05) is 6.26 Å². The number of carboxylic acid groups (broad SMARTS) is 1. The Balaban J connectivity index is 2.32. The van der Waals surface area contributed by atoms with Crippen LogP contribution in [0.3, 0.4) is 0 Å². The van der Waals surface area contributed by atoms with Gasteiger partial charge in [0.25, 0.3) is 0 Å². The summed E-state index contributed by atoms with van der Waals surface area (Å²) in [6, 6.07) is 6.12. The summed E-state index contributed by atoms with van der Waals surface area (Å²) in [7, 11) is 0. The maximum Gasteiger partial charge on any atom is 0.343 e. The Morgan fingerprint density at radius 2 is 2.00 bits per heavy atom. The van der Waals surface area contributed by atoms with Crippen LogP contribution in [0, 0.1) is 0 Å². The van der Waals surface area contributed by atoms with Crippen LogP contribution in [0.25, 0.3) is 0 Å². The number of anilines is 2. The molecule has 0 radical (unpaired) electrons. The number of aromatic nitrogens is 2. The number of nitrogens with zero attached hydrogens (tertiary/aromatic N) is 2. The maximum atomic E-state index is 12.0. The monoisotopic (exact) mass is 333 g/mol. The first kappa shape index (κ1) is 16.8. The second-order valence-electron chi connectivity index (χ2n) is 4.35. The summed E-state index contributed by atoms with van der Waals surface area (Å²) in [6.45, 7) is 1.96. The van der Waals surface area contributed by atoms with E-state index in [0.717, 1.165) is 0 Å². The molecule has 8 heteroatoms. The Kier molecular flexibility index (Phi) is 5.53. The van der Waals surface area contributed by atoms with Crippen molar-refractivity contribution in [3.8, 4) is 0 Å². The Bertz CT molecular complexity index is 719. The number of aromatic carboxylic acids is 1. The van der Waals surface area contributed by atoms with Crippen molar-refractivity contribution in [2.45, 2.75) is 12.1 Å². The van der Waals surface area contributed by atoms with E-state index in [9.17, 15) is 9.59 Å². The molecule has 1 aromatic heterocycles. The van der Waals surface area contributed by atoms with Crippen molar-refractivity contribution < 1.29 is 19.4 Å². The van der Waals surface area contributed by atoms with Crippen molar-refractivity contribution in [2.24, 2.45) is 0 Å². The lowest BCUT2D eigenvalue weighted by Gasteiger charge is -2.11. The Morgan fingerprint density at radius 1 is 1.30 bits per heavy atom. The molecule has 0 bridgehead atoms. The van der Waals surface area contributed by atoms with Crippen LogP contribution < -0.4 is 5.32 Å². The average Bonchev–Trinajstić information content (AvgIpc) is 2.55. The third kappa shape index (κ3) is 4.19. The largest absolute Gasteiger partial charge is 0.478 e. The molecular formula is C15H15N3O4S. The van der Waals surface area contributed by atoms with E-state index in [1.165, 1.54) is 30.1 Å². The van der Waals surface area contributed by atoms with E-state index >= 15 is 0 Å². The number of benzene rings is 1. The van der Waals surface area contributed by atoms with Gasteiger partial charge in [0, 0.05) is 11.9 Å². The number of hydrogen-bond donors (Lipinski definition) is 2. The number of thioether (sulfide) groups is 1. The highest BCUT2D eigenvalue weighted by Gasteiger charge is 2.16. The van der Waals surface area contributed by atoms with Crippen LogP contribution >= 0.6 is 11.8 Å². The van der Waals surface area contributed by atoms with Crippen LogP contribution in [0.2, 0.25) is 0 Å². The van der Waals surface area contributed by atoms with Crippen molar-refractivity contribution in [3.63, 3.8) is 0 Å². The first-order valence-corrected chi connectivity index (χ1v) is 7.96. The van der Waals surface area contributed by atoms with Gasteiger partial charge in [0.2, 0.25) is 0 Å². The molecule has 0 unspecified atom stereocenters. The fourth-order valence-electron chi connectivity index (χ4n) is 1.75. The summed E-state index contributed by atoms with van der Waals surface area (Å²) in [4.78, 5) is 31.2. The number of carboxylic acids is 1. The average molecular weight is 333 g/mol. The van der Waals surface area contributed by atoms with Crippen LogP contribution in [0.1, 0.15) is 27.6 Å². The standard InChI is InChI=1S/C15H15N3O4S/c1-3-22-14(21)11-8-16-15(23-2)18-12(11)17-10-6-4-9(5-7-10)13(19)20/h4-8H,3H2,1-2H3,(H,19,20)(H,16,17,18). The SMILES string of the molecule is CCOC(=O)c1cnc(SC)nc1Nc1ccc(C(=O)O)cc1. The predicted octanol–water partition coefficient (Wildman–Crippen LogP) is 2.82. The smallest absolute Gasteiger partial charge is 0.343 e. The lowest BCUT2D eigenvalue weighted by Crippen LogP contribution is -2.10. The van der Waals surface area contributed by atoms with Gasteiger partial charge >= 0.3 is 11.9 Å². The zero-order chi connectivity index (χ0) is 16.8. The van der Waals surface area contributed by atoms with Crippen LogP contribution in [0.15, 0.2) is 35.6 Å². The molecule has 2 aromatic rings. The summed E-state index contributed by atoms with van der Waals surface area (Å²) in [6.07, 6.45) is 3.23. The van der Waals surface area contributed by atoms with Gasteiger partial charge in [-0.3, -0.25) is 0 Å². The van der Waals surface area contributed by atoms with Crippen molar-refractivity contribution in [2.75, 3.05) is 18.2 Å². The molecule has 0 saturated carbocycles. The minimum atomic E-state index is -1.00. The number of rotatable bonds is 6. The highest BCUT2D eigenvalue weighted by molar-refractivity contribution is 7.98. The molecule has 2 rings (SSSR count). The van der Waals surface area contributed by atoms with Gasteiger partial charge in [-0.05, 0) is 37.4 Å². The van der Waals surface area contributed by atoms with Gasteiger partial charge in [-0.25, -0.2) is 19.6 Å². The number of esters is 1. The number of nitrogens with one attached hydrogen (secondary N) is 1. The van der Waals surface area contributed by atoms with Gasteiger partial charge in [0.15, 0.2) is 5.16 Å². The third-order valence-electron chi connectivity index (χ3n) is 2.84. The summed E-state index contributed by atoms with van der Waals surface area (Å²) in [5.74, 6) is -1.22. The second-order valence-corrected chi connectivity index (χ2v) is 5.12. The van der Waals surface area contributed by atoms with Gasteiger partial charge < -0.3 is 15.2 Å². The molecule has 0 saturated heterocycles. The molecule has 0 spiro atoms. The molecular weight excluding hydrogens is 318 g/mol. The lowest BCUT2D eigenvalue weighted by atomic mass is 10.2. The van der Waals surface area contributed by atoms with Crippen LogP contribution in [-0.2, 0) is 4.74 Å². The molecule has 7 nitrogen and oxygen atoms in total. The van der Waals surface area contributed by atoms with E-state index in [4.69, 9.17) is 9.84 Å². The fraction of sp³-hybridized carbons (Fsp3) is 0.200. The normalized spacial score (nSPS) is 10.2. The first-order valence-electron chi connectivity index (χ1n) is 6.73. The summed E-state index contributed by atoms with van der Waals surface area (Å²) in [5.41, 5.74) is 0.993. The second kappa shape index (κ2) is 7.59. The number of ether oxygens (including phenoxy) is 1. The van der Waals surface area contributed by atoms with Gasteiger partial charge in [0.05, 0.1) is 12.2 Å². The predicted molar refractivity (Wildman–Crippen MR) is 86.5 cm³/mol. The molecule has 0 fully saturated rings. The molecule has 0 aliphatic rings. The molecule has 2 N–H and O–H groups in total. The quantitative estimate of drug-likeness (QED) is 0.473. The maximum absolute atomic E-state index is 12.0. The van der Waals surface area contributed by atoms with Crippen molar-refractivity contribution in [1.29, 1.82) is 0 Å². The number of carbonyl (C=O) groups excluding carboxylic acids is 1. The van der Waals surface area contributed by atoms with Gasteiger partial charge in [-0.2, -0.15) is 0 Å². The number of hydrogen-bond acceptors (Lipinski definition) is 7. The zero-order valence-corrected chi connectivity index (χ0v) is 13.4. The van der Waals surface area contributed by atoms with E-state index < -0.39 is 11.9 Å². The topological polar surface area (TPSA) is 101 Å². The molecule has 0 amide bonds. The van der Waals surface area contributed by atoms with Gasteiger partial charge in [-0.15, -0.1) is 0 Å². The fourth-order valence-corrected chi connectivity index (χ4v) is 2.09. The Morgan fingerprint density at radius 3 is 2.57 bits per heavy atom. The first-order chi connectivity index (χ1) is 11.0. The van der Waals surface area contributed by atoms with Crippen LogP contribution in [0.5, 0.6) is 0 Å². The minimum absolute atomic E-state index is 0.175. The molecule has 1 aromatic carbocycles. The Hall–Kier alpha value is -2.61. The van der Waals surface area contributed by atoms with Crippen molar-refractivity contribution in [3.05, 3.63) is 41.6 Å². The van der Waals surface area contributed by atoms with Gasteiger partial charge in [0.1, 0.15) is 11.4 Å².